The van der Waals surface area contributed by atoms with Crippen LogP contribution in [0.2, 0.25) is 0 Å². The van der Waals surface area contributed by atoms with Gasteiger partial charge in [-0.15, -0.1) is 0 Å². The van der Waals surface area contributed by atoms with Crippen LogP contribution in [0.25, 0.3) is 0 Å². The van der Waals surface area contributed by atoms with Crippen molar-refractivity contribution in [2.75, 3.05) is 0 Å². The topological polar surface area (TPSA) is 239 Å². The summed E-state index contributed by atoms with van der Waals surface area (Å²) in [5.41, 5.74) is 0. The van der Waals surface area contributed by atoms with Gasteiger partial charge in [0.05, 0.1) is 31.4 Å². The Bertz CT molecular complexity index is 295. The molecule has 11 nitrogen and oxygen atoms in total. The number of carboxylic acid groups (broad SMARTS) is 4. The van der Waals surface area contributed by atoms with Gasteiger partial charge in [-0.1, -0.05) is 6.58 Å². The smallest absolute Gasteiger partial charge is 0.303 e. The van der Waals surface area contributed by atoms with E-state index in [0.29, 0.717) is 0 Å². The summed E-state index contributed by atoms with van der Waals surface area (Å²) in [6, 6.07) is 0. The van der Waals surface area contributed by atoms with E-state index >= 15 is 0 Å². The van der Waals surface area contributed by atoms with E-state index in [1.54, 1.807) is 0 Å². The largest absolute Gasteiger partial charge is 0.513 e. The lowest BCUT2D eigenvalue weighted by Gasteiger charge is -1.85. The molecule has 0 atom stereocenters. The Kier molecular flexibility index (Phi) is 29.7. The molecule has 0 unspecified atom stereocenters. The van der Waals surface area contributed by atoms with Crippen molar-refractivity contribution in [3.63, 3.8) is 0 Å². The predicted octanol–water partition coefficient (Wildman–Crippen LogP) is 1.27. The van der Waals surface area contributed by atoms with Gasteiger partial charge in [-0.05, 0) is 6.92 Å². The SMILES string of the molecule is C=C(C)O.N.N.O=C(O)CCC(=O)O.O=C(O)CCC(=O)O. The standard InChI is InChI=1S/2C4H6O4.C3H6O.2H3N/c2*5-3(6)1-2-4(7)8;1-3(2)4;;/h2*1-2H2,(H,5,6)(H,7,8);4H,1H2,2H3;2*1H3. The van der Waals surface area contributed by atoms with E-state index in [2.05, 4.69) is 6.58 Å². The third-order valence-corrected chi connectivity index (χ3v) is 1.11. The monoisotopic (exact) mass is 328 g/mol. The fourth-order valence-corrected chi connectivity index (χ4v) is 0.428. The minimum Gasteiger partial charge on any atom is -0.513 e. The highest BCUT2D eigenvalue weighted by Crippen LogP contribution is 1.86. The number of hydrogen-bond acceptors (Lipinski definition) is 7. The summed E-state index contributed by atoms with van der Waals surface area (Å²) in [5.74, 6) is -4.14. The molecule has 11 N–H and O–H groups in total. The van der Waals surface area contributed by atoms with Crippen molar-refractivity contribution in [1.29, 1.82) is 0 Å². The molecule has 0 spiro atoms. The molecule has 11 heteroatoms. The van der Waals surface area contributed by atoms with Gasteiger partial charge in [0.2, 0.25) is 0 Å². The van der Waals surface area contributed by atoms with E-state index in [1.165, 1.54) is 6.92 Å². The number of carbonyl (C=O) groups is 4. The fraction of sp³-hybridized carbons (Fsp3) is 0.455. The van der Waals surface area contributed by atoms with Crippen LogP contribution < -0.4 is 12.3 Å². The Morgan fingerprint density at radius 3 is 0.773 bits per heavy atom. The van der Waals surface area contributed by atoms with Gasteiger partial charge in [0.15, 0.2) is 0 Å². The van der Waals surface area contributed by atoms with E-state index in [1.807, 2.05) is 0 Å². The Balaban J connectivity index is -0.0000000661. The number of aliphatic hydroxyl groups is 1. The Hall–Kier alpha value is -2.66. The maximum absolute atomic E-state index is 9.64. The second-order valence-electron chi connectivity index (χ2n) is 3.31. The van der Waals surface area contributed by atoms with Crippen LogP contribution in [0.1, 0.15) is 32.6 Å². The first-order valence-electron chi connectivity index (χ1n) is 5.20. The number of hydrogen-bond donors (Lipinski definition) is 7. The molecule has 0 aromatic rings. The first-order valence-corrected chi connectivity index (χ1v) is 5.20. The zero-order valence-electron chi connectivity index (χ0n) is 12.3. The summed E-state index contributed by atoms with van der Waals surface area (Å²) in [7, 11) is 0. The molecule has 0 fully saturated rings. The van der Waals surface area contributed by atoms with Gasteiger partial charge in [-0.25, -0.2) is 0 Å². The van der Waals surface area contributed by atoms with Crippen molar-refractivity contribution in [2.45, 2.75) is 32.6 Å². The minimum atomic E-state index is -1.08. The van der Waals surface area contributed by atoms with E-state index < -0.39 is 23.9 Å². The van der Waals surface area contributed by atoms with E-state index in [-0.39, 0.29) is 43.7 Å². The predicted molar refractivity (Wildman–Crippen MR) is 76.5 cm³/mol. The maximum atomic E-state index is 9.64. The van der Waals surface area contributed by atoms with Crippen molar-refractivity contribution in [3.8, 4) is 0 Å². The lowest BCUT2D eigenvalue weighted by atomic mass is 10.3. The minimum absolute atomic E-state index is 0. The van der Waals surface area contributed by atoms with Crippen LogP contribution in [0.3, 0.4) is 0 Å². The molecular formula is C11H24N2O9. The van der Waals surface area contributed by atoms with Crippen LogP contribution in [-0.2, 0) is 19.2 Å². The number of carboxylic acids is 4. The Labute approximate surface area is 127 Å². The quantitative estimate of drug-likeness (QED) is 0.342. The van der Waals surface area contributed by atoms with Gasteiger partial charge in [-0.2, -0.15) is 0 Å². The summed E-state index contributed by atoms with van der Waals surface area (Å²) >= 11 is 0. The second kappa shape index (κ2) is 20.7. The van der Waals surface area contributed by atoms with Gasteiger partial charge in [0.25, 0.3) is 0 Å². The highest BCUT2D eigenvalue weighted by Gasteiger charge is 2.00. The van der Waals surface area contributed by atoms with Crippen LogP contribution in [-0.4, -0.2) is 49.4 Å². The molecule has 132 valence electrons. The molecule has 0 aliphatic rings. The summed E-state index contributed by atoms with van der Waals surface area (Å²) in [5, 5.41) is 39.5. The Morgan fingerprint density at radius 2 is 0.727 bits per heavy atom. The number of allylic oxidation sites excluding steroid dienone is 1. The van der Waals surface area contributed by atoms with Crippen LogP contribution in [0, 0.1) is 0 Å². The van der Waals surface area contributed by atoms with Crippen LogP contribution in [0.4, 0.5) is 0 Å². The van der Waals surface area contributed by atoms with Gasteiger partial charge in [0.1, 0.15) is 0 Å². The lowest BCUT2D eigenvalue weighted by Crippen LogP contribution is -2.00. The molecule has 0 aliphatic heterocycles. The Morgan fingerprint density at radius 1 is 0.636 bits per heavy atom. The van der Waals surface area contributed by atoms with Gasteiger partial charge < -0.3 is 37.8 Å². The molecule has 0 saturated carbocycles. The first kappa shape index (κ1) is 31.6. The lowest BCUT2D eigenvalue weighted by molar-refractivity contribution is -0.143. The molecule has 0 saturated heterocycles. The van der Waals surface area contributed by atoms with Crippen molar-refractivity contribution in [2.24, 2.45) is 0 Å². The molecule has 0 radical (unpaired) electrons. The van der Waals surface area contributed by atoms with Crippen molar-refractivity contribution < 1.29 is 44.7 Å². The zero-order valence-corrected chi connectivity index (χ0v) is 12.3. The van der Waals surface area contributed by atoms with E-state index in [4.69, 9.17) is 25.5 Å². The highest BCUT2D eigenvalue weighted by molar-refractivity contribution is 5.75. The number of aliphatic carboxylic acids is 4. The molecule has 0 amide bonds. The van der Waals surface area contributed by atoms with Crippen molar-refractivity contribution in [3.05, 3.63) is 12.3 Å². The number of aliphatic hydroxyl groups excluding tert-OH is 1. The zero-order chi connectivity index (χ0) is 16.7. The first-order chi connectivity index (χ1) is 8.98. The van der Waals surface area contributed by atoms with Gasteiger partial charge in [0, 0.05) is 0 Å². The molecule has 0 heterocycles. The summed E-state index contributed by atoms with van der Waals surface area (Å²) in [6.07, 6.45) is -1.19. The molecule has 0 aromatic heterocycles. The summed E-state index contributed by atoms with van der Waals surface area (Å²) in [4.78, 5) is 38.6. The van der Waals surface area contributed by atoms with E-state index in [0.717, 1.165) is 0 Å². The third kappa shape index (κ3) is 85.9. The van der Waals surface area contributed by atoms with Gasteiger partial charge >= 0.3 is 23.9 Å². The van der Waals surface area contributed by atoms with Crippen LogP contribution in [0.5, 0.6) is 0 Å². The summed E-state index contributed by atoms with van der Waals surface area (Å²) < 4.78 is 0. The average Bonchev–Trinajstić information content (AvgIpc) is 2.23. The molecule has 0 aromatic carbocycles. The van der Waals surface area contributed by atoms with Crippen molar-refractivity contribution in [1.82, 2.24) is 12.3 Å². The third-order valence-electron chi connectivity index (χ3n) is 1.11. The average molecular weight is 328 g/mol. The molecule has 0 aliphatic carbocycles. The highest BCUT2D eigenvalue weighted by atomic mass is 16.4. The van der Waals surface area contributed by atoms with Crippen LogP contribution >= 0.6 is 0 Å². The van der Waals surface area contributed by atoms with Gasteiger partial charge in [-0.3, -0.25) is 19.2 Å². The van der Waals surface area contributed by atoms with E-state index in [9.17, 15) is 19.2 Å². The summed E-state index contributed by atoms with van der Waals surface area (Å²) in [6.45, 7) is 4.64. The molecular weight excluding hydrogens is 304 g/mol. The normalized spacial score (nSPS) is 7.32. The van der Waals surface area contributed by atoms with Crippen molar-refractivity contribution >= 4 is 23.9 Å². The second-order valence-corrected chi connectivity index (χ2v) is 3.31. The fourth-order valence-electron chi connectivity index (χ4n) is 0.428. The molecule has 22 heavy (non-hydrogen) atoms. The number of rotatable bonds is 6. The van der Waals surface area contributed by atoms with Crippen LogP contribution in [0.15, 0.2) is 12.3 Å². The maximum Gasteiger partial charge on any atom is 0.303 e. The molecule has 0 rings (SSSR count). The molecule has 0 bridgehead atoms.